The van der Waals surface area contributed by atoms with Crippen LogP contribution < -0.4 is 0 Å². The zero-order valence-corrected chi connectivity index (χ0v) is 62.0. The number of aromatic nitrogens is 3. The van der Waals surface area contributed by atoms with Crippen molar-refractivity contribution in [2.75, 3.05) is 0 Å². The molecule has 106 heavy (non-hydrogen) atoms. The van der Waals surface area contributed by atoms with Crippen molar-refractivity contribution in [2.45, 2.75) is 55.4 Å². The van der Waals surface area contributed by atoms with Crippen molar-refractivity contribution < 1.29 is 0 Å². The van der Waals surface area contributed by atoms with Gasteiger partial charge in [0.05, 0.1) is 0 Å². The van der Waals surface area contributed by atoms with E-state index in [1.807, 2.05) is 75.5 Å². The number of hydrogen-bond donors (Lipinski definition) is 0. The summed E-state index contributed by atoms with van der Waals surface area (Å²) in [6.07, 6.45) is 8.97. The Labute approximate surface area is 627 Å². The zero-order chi connectivity index (χ0) is 73.7. The van der Waals surface area contributed by atoms with Gasteiger partial charge in [-0.2, -0.15) is 0 Å². The van der Waals surface area contributed by atoms with Gasteiger partial charge < -0.3 is 0 Å². The van der Waals surface area contributed by atoms with E-state index in [-0.39, 0.29) is 0 Å². The van der Waals surface area contributed by atoms with Crippen molar-refractivity contribution in [1.82, 2.24) is 15.0 Å². The van der Waals surface area contributed by atoms with Gasteiger partial charge in [0, 0.05) is 36.7 Å². The number of nitrogens with zero attached hydrogens (tertiary/aromatic N) is 3. The molecule has 518 valence electrons. The molecule has 0 atom stereocenters. The summed E-state index contributed by atoms with van der Waals surface area (Å²) in [7, 11) is 0. The largest absolute Gasteiger partial charge is 0.265 e. The first-order valence-electron chi connectivity index (χ1n) is 36.2. The molecule has 0 radical (unpaired) electrons. The highest BCUT2D eigenvalue weighted by atomic mass is 14.6. The lowest BCUT2D eigenvalue weighted by Gasteiger charge is -2.08. The fourth-order valence-corrected chi connectivity index (χ4v) is 12.5. The van der Waals surface area contributed by atoms with E-state index in [4.69, 9.17) is 0 Å². The molecule has 0 amide bonds. The molecule has 3 heteroatoms. The molecule has 3 nitrogen and oxygen atoms in total. The van der Waals surface area contributed by atoms with E-state index in [2.05, 4.69) is 377 Å². The molecule has 3 aromatic heterocycles. The molecule has 0 aliphatic carbocycles. The molecule has 0 saturated carbocycles. The van der Waals surface area contributed by atoms with Crippen molar-refractivity contribution in [3.63, 3.8) is 0 Å². The van der Waals surface area contributed by atoms with Crippen LogP contribution in [0.25, 0.3) is 109 Å². The van der Waals surface area contributed by atoms with Crippen LogP contribution in [-0.4, -0.2) is 15.0 Å². The van der Waals surface area contributed by atoms with Crippen LogP contribution in [0.15, 0.2) is 407 Å². The van der Waals surface area contributed by atoms with Crippen molar-refractivity contribution in [3.8, 4) is 55.6 Å². The monoisotopic (exact) mass is 1370 g/mol. The molecule has 0 fully saturated rings. The summed E-state index contributed by atoms with van der Waals surface area (Å²) in [4.78, 5) is 11.7. The molecular weight excluding hydrogens is 1280 g/mol. The lowest BCUT2D eigenvalue weighted by Crippen LogP contribution is -1.83. The van der Waals surface area contributed by atoms with E-state index in [0.717, 1.165) is 5.69 Å². The molecule has 18 aromatic rings. The van der Waals surface area contributed by atoms with E-state index in [0.29, 0.717) is 0 Å². The molecule has 0 bridgehead atoms. The Balaban J connectivity index is 0.000000124. The first kappa shape index (κ1) is 74.2. The molecule has 15 aromatic carbocycles. The van der Waals surface area contributed by atoms with Gasteiger partial charge in [-0.1, -0.05) is 356 Å². The Morgan fingerprint density at radius 2 is 0.585 bits per heavy atom. The molecule has 0 unspecified atom stereocenters. The highest BCUT2D eigenvalue weighted by Gasteiger charge is 2.08. The first-order valence-corrected chi connectivity index (χ1v) is 36.2. The minimum Gasteiger partial charge on any atom is -0.265 e. The molecule has 18 rings (SSSR count). The summed E-state index contributed by atoms with van der Waals surface area (Å²) in [5.41, 5.74) is 23.0. The van der Waals surface area contributed by atoms with Gasteiger partial charge in [0.25, 0.3) is 0 Å². The molecule has 0 saturated heterocycles. The maximum atomic E-state index is 3.98. The molecular formula is C103H91N3. The van der Waals surface area contributed by atoms with Gasteiger partial charge >= 0.3 is 0 Å². The molecule has 0 N–H and O–H groups in total. The Hall–Kier alpha value is -13.0. The third-order valence-corrected chi connectivity index (χ3v) is 18.0. The Morgan fingerprint density at radius 3 is 1.09 bits per heavy atom. The predicted octanol–water partition coefficient (Wildman–Crippen LogP) is 28.2. The van der Waals surface area contributed by atoms with Crippen molar-refractivity contribution in [3.05, 3.63) is 452 Å². The highest BCUT2D eigenvalue weighted by Crippen LogP contribution is 2.33. The summed E-state index contributed by atoms with van der Waals surface area (Å²) >= 11 is 0. The van der Waals surface area contributed by atoms with E-state index in [1.54, 1.807) is 24.8 Å². The van der Waals surface area contributed by atoms with Crippen LogP contribution in [-0.2, 0) is 0 Å². The molecule has 0 spiro atoms. The standard InChI is InChI=1S/5C17H14.3C6H7N/c1-13-11-15-9-5-6-10-16(15)17(12-13)14-7-3-2-4-8-14;1-13-10-11-17-15(12-13)8-5-9-16(17)14-6-3-2-4-7-14;1-13-10-11-15-8-5-9-16(17(15)12-13)14-6-3-2-4-7-14;1-13-7-8-17-12-16(10-9-15(17)11-13)14-5-3-2-4-6-14;1-13-7-8-15-9-10-16(12-17(15)11-13)14-5-3-2-4-6-14;1-6-2-4-7-5-3-6;1-6-3-2-4-7-5-6;1-6-4-2-3-5-7-6/h5*2-12H,1H3;3*2-5H,1H3. The number of pyridine rings is 3. The van der Waals surface area contributed by atoms with Crippen LogP contribution in [0.3, 0.4) is 0 Å². The highest BCUT2D eigenvalue weighted by molar-refractivity contribution is 5.99. The smallest absolute Gasteiger partial charge is 0.0372 e. The minimum absolute atomic E-state index is 1.07. The van der Waals surface area contributed by atoms with Gasteiger partial charge in [0.15, 0.2) is 0 Å². The third kappa shape index (κ3) is 21.8. The van der Waals surface area contributed by atoms with Crippen LogP contribution >= 0.6 is 0 Å². The summed E-state index contributed by atoms with van der Waals surface area (Å²) < 4.78 is 0. The second-order valence-corrected chi connectivity index (χ2v) is 26.6. The van der Waals surface area contributed by atoms with Gasteiger partial charge in [0.2, 0.25) is 0 Å². The first-order chi connectivity index (χ1) is 51.9. The quantitative estimate of drug-likeness (QED) is 0.172. The normalized spacial score (nSPS) is 10.3. The van der Waals surface area contributed by atoms with Crippen molar-refractivity contribution in [2.24, 2.45) is 0 Å². The van der Waals surface area contributed by atoms with Gasteiger partial charge in [-0.3, -0.25) is 15.0 Å². The fourth-order valence-electron chi connectivity index (χ4n) is 12.5. The lowest BCUT2D eigenvalue weighted by molar-refractivity contribution is 1.20. The lowest BCUT2D eigenvalue weighted by atomic mass is 9.96. The number of fused-ring (bicyclic) bond motifs is 5. The van der Waals surface area contributed by atoms with Crippen LogP contribution in [0, 0.1) is 55.4 Å². The van der Waals surface area contributed by atoms with E-state index >= 15 is 0 Å². The maximum absolute atomic E-state index is 3.98. The number of aryl methyl sites for hydroxylation is 8. The summed E-state index contributed by atoms with van der Waals surface area (Å²) in [6, 6.07) is 132. The summed E-state index contributed by atoms with van der Waals surface area (Å²) in [6.45, 7) is 16.7. The van der Waals surface area contributed by atoms with Gasteiger partial charge in [0.1, 0.15) is 0 Å². The van der Waals surface area contributed by atoms with Crippen LogP contribution in [0.2, 0.25) is 0 Å². The van der Waals surface area contributed by atoms with Gasteiger partial charge in [-0.25, -0.2) is 0 Å². The Kier molecular flexibility index (Phi) is 26.9. The SMILES string of the molecule is Cc1cc(-c2ccccc2)c2ccccc2c1.Cc1ccc2c(-c3ccccc3)cccc2c1.Cc1ccc2cc(-c3ccccc3)ccc2c1.Cc1ccc2ccc(-c3ccccc3)cc2c1.Cc1ccc2cccc(-c3ccccc3)c2c1.Cc1ccccn1.Cc1cccnc1.Cc1ccncc1. The third-order valence-electron chi connectivity index (χ3n) is 18.0. The second-order valence-electron chi connectivity index (χ2n) is 26.6. The molecule has 0 aliphatic heterocycles. The van der Waals surface area contributed by atoms with Gasteiger partial charge in [-0.15, -0.1) is 0 Å². The average molecular weight is 1370 g/mol. The van der Waals surface area contributed by atoms with Crippen molar-refractivity contribution >= 4 is 53.9 Å². The predicted molar refractivity (Wildman–Crippen MR) is 458 cm³/mol. The van der Waals surface area contributed by atoms with Crippen LogP contribution in [0.4, 0.5) is 0 Å². The van der Waals surface area contributed by atoms with E-state index in [1.165, 1.54) is 148 Å². The van der Waals surface area contributed by atoms with Crippen molar-refractivity contribution in [1.29, 1.82) is 0 Å². The van der Waals surface area contributed by atoms with Crippen LogP contribution in [0.1, 0.15) is 44.6 Å². The topological polar surface area (TPSA) is 38.7 Å². The van der Waals surface area contributed by atoms with E-state index in [9.17, 15) is 0 Å². The molecule has 0 aliphatic rings. The zero-order valence-electron chi connectivity index (χ0n) is 62.0. The van der Waals surface area contributed by atoms with E-state index < -0.39 is 0 Å². The van der Waals surface area contributed by atoms with Crippen LogP contribution in [0.5, 0.6) is 0 Å². The Bertz CT molecular complexity index is 5570. The van der Waals surface area contributed by atoms with Gasteiger partial charge in [-0.05, 0) is 224 Å². The number of hydrogen-bond acceptors (Lipinski definition) is 3. The fraction of sp³-hybridized carbons (Fsp3) is 0.0777. The maximum Gasteiger partial charge on any atom is 0.0372 e. The number of benzene rings is 15. The Morgan fingerprint density at radius 1 is 0.170 bits per heavy atom. The average Bonchev–Trinajstić information content (AvgIpc) is 0.794. The molecule has 3 heterocycles. The second kappa shape index (κ2) is 38.4. The summed E-state index contributed by atoms with van der Waals surface area (Å²) in [5, 5.41) is 13.1. The number of rotatable bonds is 5. The minimum atomic E-state index is 1.07. The summed E-state index contributed by atoms with van der Waals surface area (Å²) in [5.74, 6) is 0.